The van der Waals surface area contributed by atoms with Crippen LogP contribution >= 0.6 is 0 Å². The number of imidazole rings is 1. The Morgan fingerprint density at radius 3 is 2.32 bits per heavy atom. The van der Waals surface area contributed by atoms with Crippen LogP contribution < -0.4 is 21.2 Å². The maximum absolute atomic E-state index is 15.3. The van der Waals surface area contributed by atoms with E-state index in [2.05, 4.69) is 85.3 Å². The topological polar surface area (TPSA) is 144 Å². The average molecular weight is 895 g/mol. The number of pyridine rings is 1. The number of H-pyrrole nitrogens is 1. The third kappa shape index (κ3) is 8.61. The number of fused-ring (bicyclic) bond motifs is 2. The van der Waals surface area contributed by atoms with Crippen LogP contribution in [-0.2, 0) is 23.7 Å². The first-order valence-corrected chi connectivity index (χ1v) is 23.6. The molecule has 0 spiro atoms. The third-order valence-corrected chi connectivity index (χ3v) is 15.0. The second-order valence-electron chi connectivity index (χ2n) is 18.9. The smallest absolute Gasteiger partial charge is 0.326 e. The maximum atomic E-state index is 15.3. The van der Waals surface area contributed by atoms with Crippen LogP contribution in [0.25, 0.3) is 33.2 Å². The van der Waals surface area contributed by atoms with E-state index in [0.717, 1.165) is 123 Å². The summed E-state index contributed by atoms with van der Waals surface area (Å²) in [6, 6.07) is 23.5. The fraction of sp³-hybridized carbons (Fsp3) is 0.431. The van der Waals surface area contributed by atoms with Crippen molar-refractivity contribution in [2.75, 3.05) is 69.1 Å². The molecule has 3 amide bonds. The van der Waals surface area contributed by atoms with Crippen LogP contribution in [0.4, 0.5) is 15.8 Å². The lowest BCUT2D eigenvalue weighted by atomic mass is 9.88. The van der Waals surface area contributed by atoms with Crippen molar-refractivity contribution >= 4 is 51.2 Å². The minimum absolute atomic E-state index is 0.112. The quantitative estimate of drug-likeness (QED) is 0.133. The summed E-state index contributed by atoms with van der Waals surface area (Å²) in [7, 11) is 3.89. The number of aromatic amines is 1. The fourth-order valence-corrected chi connectivity index (χ4v) is 10.9. The van der Waals surface area contributed by atoms with Crippen LogP contribution in [0, 0.1) is 11.7 Å². The number of likely N-dealkylation sites (tertiary alicyclic amines) is 2. The summed E-state index contributed by atoms with van der Waals surface area (Å²) < 4.78 is 19.1. The number of nitrogens with zero attached hydrogens (tertiary/aromatic N) is 7. The van der Waals surface area contributed by atoms with Gasteiger partial charge in [0, 0.05) is 101 Å². The molecule has 10 rings (SSSR count). The van der Waals surface area contributed by atoms with Gasteiger partial charge in [0.25, 0.3) is 5.91 Å². The molecule has 344 valence electrons. The number of nitrogens with one attached hydrogen (secondary N) is 3. The SMILES string of the molecule is C[C@@H](c1cc2c(-c3ccc4[nH]c(=O)n(C)c4c3)ccnc2n1C)N1CCC(c2ccc(C(=O)N3CCC(CN4CCN(c5ccc(NC6CCC(=O)NC6=O)cc5F)CC4)CC3)cc2)CC1. The van der Waals surface area contributed by atoms with E-state index in [-0.39, 0.29) is 41.7 Å². The number of aromatic nitrogens is 4. The minimum Gasteiger partial charge on any atom is -0.374 e. The van der Waals surface area contributed by atoms with Crippen molar-refractivity contribution in [1.82, 2.24) is 39.1 Å². The number of hydrogen-bond acceptors (Lipinski definition) is 9. The van der Waals surface area contributed by atoms with Gasteiger partial charge in [0.2, 0.25) is 11.8 Å². The number of piperidine rings is 3. The molecule has 6 aromatic rings. The number of amides is 3. The van der Waals surface area contributed by atoms with E-state index in [9.17, 15) is 19.2 Å². The van der Waals surface area contributed by atoms with E-state index >= 15 is 4.39 Å². The van der Waals surface area contributed by atoms with E-state index in [1.807, 2.05) is 29.3 Å². The number of aryl methyl sites for hydroxylation is 2. The number of piperazine rings is 1. The third-order valence-electron chi connectivity index (χ3n) is 15.0. The molecule has 0 bridgehead atoms. The Hall–Kier alpha value is -6.32. The van der Waals surface area contributed by atoms with Crippen LogP contribution in [-0.4, -0.2) is 116 Å². The number of anilines is 2. The van der Waals surface area contributed by atoms with Crippen molar-refractivity contribution in [1.29, 1.82) is 0 Å². The van der Waals surface area contributed by atoms with Crippen molar-refractivity contribution in [2.45, 2.75) is 63.5 Å². The molecule has 0 aliphatic carbocycles. The van der Waals surface area contributed by atoms with Crippen LogP contribution in [0.2, 0.25) is 0 Å². The number of carbonyl (C=O) groups excluding carboxylic acids is 3. The van der Waals surface area contributed by atoms with Gasteiger partial charge in [-0.1, -0.05) is 18.2 Å². The van der Waals surface area contributed by atoms with Gasteiger partial charge >= 0.3 is 5.69 Å². The maximum Gasteiger partial charge on any atom is 0.326 e. The second-order valence-corrected chi connectivity index (χ2v) is 18.9. The molecule has 66 heavy (non-hydrogen) atoms. The summed E-state index contributed by atoms with van der Waals surface area (Å²) >= 11 is 0. The standard InChI is InChI=1S/C51H59FN10O4/c1-32(45-30-40-39(14-19-53-48(40)57(45)2)37-8-10-42-46(28-37)58(3)51(66)55-42)60-22-17-35(18-23-60)34-4-6-36(7-5-34)50(65)62-20-15-33(16-21-62)31-59-24-26-61(27-25-59)44-12-9-38(29-41(44)52)54-43-11-13-47(63)56-49(43)64/h4-10,12,14,19,28-30,32-33,35,43,54H,11,13,15-18,20-27,31H2,1-3H3,(H,55,66)(H,56,63,64)/t32-,43?/m0/s1. The monoisotopic (exact) mass is 894 g/mol. The highest BCUT2D eigenvalue weighted by molar-refractivity contribution is 6.01. The molecule has 4 aliphatic rings. The molecule has 15 heteroatoms. The minimum atomic E-state index is -0.553. The van der Waals surface area contributed by atoms with Crippen molar-refractivity contribution in [3.63, 3.8) is 0 Å². The molecule has 14 nitrogen and oxygen atoms in total. The highest BCUT2D eigenvalue weighted by Crippen LogP contribution is 2.37. The van der Waals surface area contributed by atoms with E-state index in [1.165, 1.54) is 17.3 Å². The molecule has 7 heterocycles. The number of halogens is 1. The molecule has 3 aromatic heterocycles. The van der Waals surface area contributed by atoms with Crippen LogP contribution in [0.5, 0.6) is 0 Å². The molecule has 2 atom stereocenters. The van der Waals surface area contributed by atoms with E-state index in [4.69, 9.17) is 4.98 Å². The average Bonchev–Trinajstić information content (AvgIpc) is 3.83. The lowest BCUT2D eigenvalue weighted by Crippen LogP contribution is -2.49. The predicted molar refractivity (Wildman–Crippen MR) is 255 cm³/mol. The van der Waals surface area contributed by atoms with Gasteiger partial charge < -0.3 is 24.7 Å². The highest BCUT2D eigenvalue weighted by Gasteiger charge is 2.31. The summed E-state index contributed by atoms with van der Waals surface area (Å²) in [5.74, 6) is 0.0949. The Morgan fingerprint density at radius 2 is 1.59 bits per heavy atom. The van der Waals surface area contributed by atoms with Gasteiger partial charge in [-0.25, -0.2) is 14.2 Å². The first-order valence-electron chi connectivity index (χ1n) is 23.6. The Kier molecular flexibility index (Phi) is 12.0. The first-order chi connectivity index (χ1) is 32.0. The van der Waals surface area contributed by atoms with Crippen molar-refractivity contribution in [3.8, 4) is 11.1 Å². The fourth-order valence-electron chi connectivity index (χ4n) is 10.9. The van der Waals surface area contributed by atoms with Crippen LogP contribution in [0.15, 0.2) is 83.8 Å². The molecule has 4 saturated heterocycles. The highest BCUT2D eigenvalue weighted by atomic mass is 19.1. The number of rotatable bonds is 10. The Morgan fingerprint density at radius 1 is 0.833 bits per heavy atom. The van der Waals surface area contributed by atoms with Gasteiger partial charge in [0.05, 0.1) is 16.7 Å². The Bertz CT molecular complexity index is 2840. The van der Waals surface area contributed by atoms with Crippen molar-refractivity contribution in [2.24, 2.45) is 20.0 Å². The largest absolute Gasteiger partial charge is 0.374 e. The lowest BCUT2D eigenvalue weighted by molar-refractivity contribution is -0.133. The second kappa shape index (κ2) is 18.2. The first kappa shape index (κ1) is 43.6. The van der Waals surface area contributed by atoms with Crippen molar-refractivity contribution in [3.05, 3.63) is 112 Å². The summed E-state index contributed by atoms with van der Waals surface area (Å²) in [4.78, 5) is 66.4. The zero-order valence-electron chi connectivity index (χ0n) is 38.1. The molecule has 4 fully saturated rings. The number of imide groups is 1. The van der Waals surface area contributed by atoms with Gasteiger partial charge in [-0.2, -0.15) is 0 Å². The predicted octanol–water partition coefficient (Wildman–Crippen LogP) is 6.39. The Balaban J connectivity index is 0.679. The van der Waals surface area contributed by atoms with E-state index in [1.54, 1.807) is 23.7 Å². The molecule has 4 aliphatic heterocycles. The number of carbonyl (C=O) groups is 3. The molecular weight excluding hydrogens is 836 g/mol. The molecule has 3 N–H and O–H groups in total. The van der Waals surface area contributed by atoms with E-state index in [0.29, 0.717) is 29.6 Å². The molecule has 3 aromatic carbocycles. The molecule has 0 saturated carbocycles. The van der Waals surface area contributed by atoms with Gasteiger partial charge in [-0.3, -0.25) is 34.1 Å². The summed E-state index contributed by atoms with van der Waals surface area (Å²) in [5.41, 5.74) is 9.05. The lowest BCUT2D eigenvalue weighted by Gasteiger charge is -2.39. The Labute approximate surface area is 383 Å². The molecular formula is C51H59FN10O4. The van der Waals surface area contributed by atoms with Gasteiger partial charge in [-0.15, -0.1) is 0 Å². The van der Waals surface area contributed by atoms with Gasteiger partial charge in [-0.05, 0) is 135 Å². The van der Waals surface area contributed by atoms with Crippen LogP contribution in [0.1, 0.15) is 79.0 Å². The zero-order chi connectivity index (χ0) is 45.6. The van der Waals surface area contributed by atoms with Gasteiger partial charge in [0.1, 0.15) is 17.5 Å². The van der Waals surface area contributed by atoms with E-state index < -0.39 is 6.04 Å². The summed E-state index contributed by atoms with van der Waals surface area (Å²) in [5, 5.41) is 6.50. The van der Waals surface area contributed by atoms with Crippen molar-refractivity contribution < 1.29 is 18.8 Å². The number of hydrogen-bond donors (Lipinski definition) is 3. The summed E-state index contributed by atoms with van der Waals surface area (Å²) in [6.45, 7) is 9.91. The zero-order valence-corrected chi connectivity index (χ0v) is 38.1. The molecule has 0 radical (unpaired) electrons. The normalized spacial score (nSPS) is 20.0. The molecule has 1 unspecified atom stereocenters. The van der Waals surface area contributed by atoms with Gasteiger partial charge in [0.15, 0.2) is 0 Å². The van der Waals surface area contributed by atoms with Crippen LogP contribution in [0.3, 0.4) is 0 Å². The number of benzene rings is 3. The summed E-state index contributed by atoms with van der Waals surface area (Å²) in [6.07, 6.45) is 6.58.